The molecule has 0 aliphatic carbocycles. The summed E-state index contributed by atoms with van der Waals surface area (Å²) in [6, 6.07) is 0. The minimum atomic E-state index is -0.310. The molecule has 0 bridgehead atoms. The Bertz CT molecular complexity index is 323. The molecule has 1 heterocycles. The molecule has 0 aliphatic rings. The third-order valence-corrected chi connectivity index (χ3v) is 2.15. The molecule has 90 valence electrons. The quantitative estimate of drug-likeness (QED) is 0.557. The molecule has 0 aliphatic heterocycles. The Labute approximate surface area is 95.8 Å². The molecular weight excluding hydrogens is 206 g/mol. The molecule has 0 fully saturated rings. The number of nitrogens with one attached hydrogen (secondary N) is 1. The average molecular weight is 225 g/mol. The van der Waals surface area contributed by atoms with Crippen molar-refractivity contribution in [3.8, 4) is 0 Å². The first-order valence-electron chi connectivity index (χ1n) is 5.67. The van der Waals surface area contributed by atoms with Crippen LogP contribution in [0, 0.1) is 0 Å². The lowest BCUT2D eigenvalue weighted by atomic mass is 10.4. The topological polar surface area (TPSA) is 56.2 Å². The van der Waals surface area contributed by atoms with Gasteiger partial charge in [0.25, 0.3) is 0 Å². The van der Waals surface area contributed by atoms with E-state index in [0.717, 1.165) is 26.1 Å². The Balaban J connectivity index is 2.47. The van der Waals surface area contributed by atoms with Gasteiger partial charge in [0.2, 0.25) is 0 Å². The minimum absolute atomic E-state index is 0.310. The number of rotatable bonds is 7. The Kier molecular flexibility index (Phi) is 5.56. The van der Waals surface area contributed by atoms with Crippen LogP contribution < -0.4 is 5.32 Å². The maximum atomic E-state index is 11.5. The van der Waals surface area contributed by atoms with Gasteiger partial charge in [0.1, 0.15) is 5.69 Å². The standard InChI is InChI=1S/C11H19N3O2/c1-3-5-12-6-7-14-9-13-8-10(14)11(15)16-4-2/h8-9,12H,3-7H2,1-2H3. The molecule has 0 unspecified atom stereocenters. The minimum Gasteiger partial charge on any atom is -0.461 e. The van der Waals surface area contributed by atoms with Crippen LogP contribution >= 0.6 is 0 Å². The summed E-state index contributed by atoms with van der Waals surface area (Å²) in [6.45, 7) is 6.85. The van der Waals surface area contributed by atoms with Gasteiger partial charge in [-0.2, -0.15) is 0 Å². The smallest absolute Gasteiger partial charge is 0.356 e. The van der Waals surface area contributed by atoms with Crippen LogP contribution in [0.15, 0.2) is 12.5 Å². The molecular formula is C11H19N3O2. The molecule has 16 heavy (non-hydrogen) atoms. The van der Waals surface area contributed by atoms with Crippen LogP contribution in [-0.2, 0) is 11.3 Å². The number of esters is 1. The van der Waals surface area contributed by atoms with Crippen molar-refractivity contribution in [1.29, 1.82) is 0 Å². The summed E-state index contributed by atoms with van der Waals surface area (Å²) in [5.41, 5.74) is 0.514. The number of nitrogens with zero attached hydrogens (tertiary/aromatic N) is 2. The largest absolute Gasteiger partial charge is 0.461 e. The van der Waals surface area contributed by atoms with E-state index >= 15 is 0 Å². The van der Waals surface area contributed by atoms with E-state index in [1.54, 1.807) is 17.8 Å². The van der Waals surface area contributed by atoms with Gasteiger partial charge in [-0.3, -0.25) is 0 Å². The molecule has 1 N–H and O–H groups in total. The van der Waals surface area contributed by atoms with Gasteiger partial charge in [0.05, 0.1) is 19.1 Å². The first-order chi connectivity index (χ1) is 7.79. The van der Waals surface area contributed by atoms with E-state index in [-0.39, 0.29) is 5.97 Å². The molecule has 0 aromatic carbocycles. The molecule has 1 aromatic rings. The number of ether oxygens (including phenoxy) is 1. The first kappa shape index (κ1) is 12.7. The van der Waals surface area contributed by atoms with Gasteiger partial charge in [-0.05, 0) is 19.9 Å². The predicted octanol–water partition coefficient (Wildman–Crippen LogP) is 1.06. The Hall–Kier alpha value is -1.36. The number of carbonyl (C=O) groups excluding carboxylic acids is 1. The molecule has 0 saturated heterocycles. The van der Waals surface area contributed by atoms with Gasteiger partial charge >= 0.3 is 5.97 Å². The maximum absolute atomic E-state index is 11.5. The predicted molar refractivity (Wildman–Crippen MR) is 61.3 cm³/mol. The third kappa shape index (κ3) is 3.66. The van der Waals surface area contributed by atoms with Gasteiger partial charge in [-0.25, -0.2) is 9.78 Å². The van der Waals surface area contributed by atoms with E-state index in [1.807, 2.05) is 0 Å². The zero-order valence-electron chi connectivity index (χ0n) is 9.90. The number of hydrogen-bond donors (Lipinski definition) is 1. The van der Waals surface area contributed by atoms with Gasteiger partial charge in [-0.1, -0.05) is 6.92 Å². The number of imidazole rings is 1. The van der Waals surface area contributed by atoms with Crippen LogP contribution in [0.5, 0.6) is 0 Å². The lowest BCUT2D eigenvalue weighted by Gasteiger charge is -2.07. The Morgan fingerprint density at radius 1 is 1.50 bits per heavy atom. The summed E-state index contributed by atoms with van der Waals surface area (Å²) in [5, 5.41) is 3.27. The van der Waals surface area contributed by atoms with Crippen molar-refractivity contribution in [1.82, 2.24) is 14.9 Å². The summed E-state index contributed by atoms with van der Waals surface area (Å²) in [6.07, 6.45) is 4.30. The van der Waals surface area contributed by atoms with E-state index in [4.69, 9.17) is 4.74 Å². The zero-order valence-corrected chi connectivity index (χ0v) is 9.90. The molecule has 0 atom stereocenters. The molecule has 1 rings (SSSR count). The second kappa shape index (κ2) is 7.00. The van der Waals surface area contributed by atoms with Gasteiger partial charge in [0, 0.05) is 13.1 Å². The van der Waals surface area contributed by atoms with Gasteiger partial charge in [-0.15, -0.1) is 0 Å². The van der Waals surface area contributed by atoms with Gasteiger partial charge in [0.15, 0.2) is 0 Å². The van der Waals surface area contributed by atoms with Crippen molar-refractivity contribution < 1.29 is 9.53 Å². The van der Waals surface area contributed by atoms with E-state index in [9.17, 15) is 4.79 Å². The summed E-state index contributed by atoms with van der Waals surface area (Å²) < 4.78 is 6.74. The normalized spacial score (nSPS) is 10.4. The molecule has 0 amide bonds. The second-order valence-corrected chi connectivity index (χ2v) is 3.44. The molecule has 5 nitrogen and oxygen atoms in total. The van der Waals surface area contributed by atoms with E-state index in [0.29, 0.717) is 12.3 Å². The lowest BCUT2D eigenvalue weighted by molar-refractivity contribution is 0.0513. The molecule has 1 aromatic heterocycles. The fourth-order valence-electron chi connectivity index (χ4n) is 1.38. The van der Waals surface area contributed by atoms with Crippen LogP contribution in [0.3, 0.4) is 0 Å². The lowest BCUT2D eigenvalue weighted by Crippen LogP contribution is -2.22. The zero-order chi connectivity index (χ0) is 11.8. The fourth-order valence-corrected chi connectivity index (χ4v) is 1.38. The number of hydrogen-bond acceptors (Lipinski definition) is 4. The van der Waals surface area contributed by atoms with Crippen molar-refractivity contribution in [2.24, 2.45) is 0 Å². The van der Waals surface area contributed by atoms with Gasteiger partial charge < -0.3 is 14.6 Å². The molecule has 0 spiro atoms. The van der Waals surface area contributed by atoms with Crippen LogP contribution in [0.2, 0.25) is 0 Å². The molecule has 5 heteroatoms. The van der Waals surface area contributed by atoms with Crippen LogP contribution in [0.1, 0.15) is 30.8 Å². The van der Waals surface area contributed by atoms with Crippen molar-refractivity contribution >= 4 is 5.97 Å². The number of aromatic nitrogens is 2. The van der Waals surface area contributed by atoms with Crippen LogP contribution in [0.4, 0.5) is 0 Å². The highest BCUT2D eigenvalue weighted by Crippen LogP contribution is 2.01. The van der Waals surface area contributed by atoms with E-state index in [2.05, 4.69) is 17.2 Å². The Morgan fingerprint density at radius 2 is 2.31 bits per heavy atom. The maximum Gasteiger partial charge on any atom is 0.356 e. The highest BCUT2D eigenvalue weighted by Gasteiger charge is 2.11. The van der Waals surface area contributed by atoms with Crippen molar-refractivity contribution in [2.75, 3.05) is 19.7 Å². The second-order valence-electron chi connectivity index (χ2n) is 3.44. The number of carbonyl (C=O) groups is 1. The van der Waals surface area contributed by atoms with Crippen molar-refractivity contribution in [3.63, 3.8) is 0 Å². The highest BCUT2D eigenvalue weighted by molar-refractivity contribution is 5.87. The summed E-state index contributed by atoms with van der Waals surface area (Å²) in [5.74, 6) is -0.310. The fraction of sp³-hybridized carbons (Fsp3) is 0.636. The molecule has 0 saturated carbocycles. The Morgan fingerprint density at radius 3 is 3.00 bits per heavy atom. The SMILES string of the molecule is CCCNCCn1cncc1C(=O)OCC. The third-order valence-electron chi connectivity index (χ3n) is 2.15. The first-order valence-corrected chi connectivity index (χ1v) is 5.67. The van der Waals surface area contributed by atoms with Crippen molar-refractivity contribution in [3.05, 3.63) is 18.2 Å². The summed E-state index contributed by atoms with van der Waals surface area (Å²) in [7, 11) is 0. The molecule has 0 radical (unpaired) electrons. The monoisotopic (exact) mass is 225 g/mol. The van der Waals surface area contributed by atoms with Crippen LogP contribution in [-0.4, -0.2) is 35.2 Å². The summed E-state index contributed by atoms with van der Waals surface area (Å²) in [4.78, 5) is 15.5. The average Bonchev–Trinajstić information content (AvgIpc) is 2.73. The van der Waals surface area contributed by atoms with E-state index in [1.165, 1.54) is 6.20 Å². The van der Waals surface area contributed by atoms with E-state index < -0.39 is 0 Å². The summed E-state index contributed by atoms with van der Waals surface area (Å²) >= 11 is 0. The van der Waals surface area contributed by atoms with Crippen LogP contribution in [0.25, 0.3) is 0 Å². The van der Waals surface area contributed by atoms with Crippen molar-refractivity contribution in [2.45, 2.75) is 26.8 Å². The highest BCUT2D eigenvalue weighted by atomic mass is 16.5.